The Morgan fingerprint density at radius 3 is 2.52 bits per heavy atom. The van der Waals surface area contributed by atoms with E-state index in [-0.39, 0.29) is 5.91 Å². The zero-order valence-corrected chi connectivity index (χ0v) is 15.1. The third-order valence-electron chi connectivity index (χ3n) is 4.48. The van der Waals surface area contributed by atoms with E-state index in [1.807, 2.05) is 24.9 Å². The van der Waals surface area contributed by atoms with Crippen molar-refractivity contribution in [3.8, 4) is 0 Å². The van der Waals surface area contributed by atoms with Crippen molar-refractivity contribution in [1.29, 1.82) is 0 Å². The highest BCUT2D eigenvalue weighted by Gasteiger charge is 2.24. The number of hydrogen-bond acceptors (Lipinski definition) is 3. The Kier molecular flexibility index (Phi) is 4.82. The van der Waals surface area contributed by atoms with E-state index < -0.39 is 0 Å². The van der Waals surface area contributed by atoms with Gasteiger partial charge < -0.3 is 4.90 Å². The number of halogens is 1. The van der Waals surface area contributed by atoms with Gasteiger partial charge >= 0.3 is 0 Å². The monoisotopic (exact) mass is 376 g/mol. The van der Waals surface area contributed by atoms with Gasteiger partial charge in [-0.15, -0.1) is 0 Å². The minimum Gasteiger partial charge on any atom is -0.336 e. The molecule has 1 fully saturated rings. The topological polar surface area (TPSA) is 41.4 Å². The van der Waals surface area contributed by atoms with Gasteiger partial charge in [0.2, 0.25) is 0 Å². The molecule has 0 aliphatic carbocycles. The van der Waals surface area contributed by atoms with Crippen LogP contribution in [0.3, 0.4) is 0 Å². The molecule has 2 heterocycles. The van der Waals surface area contributed by atoms with Crippen LogP contribution in [0.5, 0.6) is 0 Å². The number of rotatable bonds is 3. The summed E-state index contributed by atoms with van der Waals surface area (Å²) in [5.74, 6) is 0.0936. The van der Waals surface area contributed by atoms with E-state index in [4.69, 9.17) is 0 Å². The molecular formula is C17H21BrN4O. The summed E-state index contributed by atoms with van der Waals surface area (Å²) < 4.78 is 2.89. The molecule has 6 heteroatoms. The standard InChI is InChI=1S/C17H21BrN4O/c1-13-15(11-19-20(13)2)17(23)22-9-7-21(8-10-22)12-14-5-3-4-6-16(14)18/h3-6,11H,7-10,12H2,1-2H3. The highest BCUT2D eigenvalue weighted by molar-refractivity contribution is 9.10. The molecule has 0 radical (unpaired) electrons. The summed E-state index contributed by atoms with van der Waals surface area (Å²) in [5.41, 5.74) is 2.92. The van der Waals surface area contributed by atoms with Crippen molar-refractivity contribution in [1.82, 2.24) is 19.6 Å². The number of aromatic nitrogens is 2. The second-order valence-corrected chi connectivity index (χ2v) is 6.78. The van der Waals surface area contributed by atoms with Crippen LogP contribution in [0.4, 0.5) is 0 Å². The average molecular weight is 377 g/mol. The molecule has 1 aromatic carbocycles. The van der Waals surface area contributed by atoms with Crippen LogP contribution in [0, 0.1) is 6.92 Å². The van der Waals surface area contributed by atoms with E-state index in [2.05, 4.69) is 44.1 Å². The van der Waals surface area contributed by atoms with Gasteiger partial charge in [-0.2, -0.15) is 5.10 Å². The van der Waals surface area contributed by atoms with Gasteiger partial charge in [0.05, 0.1) is 11.8 Å². The maximum Gasteiger partial charge on any atom is 0.257 e. The Morgan fingerprint density at radius 2 is 1.91 bits per heavy atom. The Hall–Kier alpha value is -1.66. The fourth-order valence-corrected chi connectivity index (χ4v) is 3.27. The Morgan fingerprint density at radius 1 is 1.22 bits per heavy atom. The summed E-state index contributed by atoms with van der Waals surface area (Å²) in [7, 11) is 1.86. The Balaban J connectivity index is 1.59. The predicted molar refractivity (Wildman–Crippen MR) is 93.3 cm³/mol. The first-order valence-electron chi connectivity index (χ1n) is 7.80. The fourth-order valence-electron chi connectivity index (χ4n) is 2.86. The summed E-state index contributed by atoms with van der Waals surface area (Å²) in [6, 6.07) is 8.30. The zero-order chi connectivity index (χ0) is 16.4. The molecule has 5 nitrogen and oxygen atoms in total. The second-order valence-electron chi connectivity index (χ2n) is 5.93. The molecule has 1 amide bonds. The van der Waals surface area contributed by atoms with Gasteiger partial charge in [-0.05, 0) is 18.6 Å². The number of carbonyl (C=O) groups is 1. The van der Waals surface area contributed by atoms with E-state index in [0.717, 1.165) is 42.9 Å². The molecule has 3 rings (SSSR count). The number of nitrogens with zero attached hydrogens (tertiary/aromatic N) is 4. The van der Waals surface area contributed by atoms with Crippen LogP contribution in [0.1, 0.15) is 21.6 Å². The molecular weight excluding hydrogens is 356 g/mol. The number of amides is 1. The number of aryl methyl sites for hydroxylation is 1. The molecule has 1 aromatic heterocycles. The third kappa shape index (κ3) is 3.48. The largest absolute Gasteiger partial charge is 0.336 e. The lowest BCUT2D eigenvalue weighted by Gasteiger charge is -2.34. The second kappa shape index (κ2) is 6.84. The van der Waals surface area contributed by atoms with Crippen LogP contribution in [-0.4, -0.2) is 51.7 Å². The van der Waals surface area contributed by atoms with Crippen LogP contribution in [0.15, 0.2) is 34.9 Å². The number of benzene rings is 1. The third-order valence-corrected chi connectivity index (χ3v) is 5.25. The van der Waals surface area contributed by atoms with Crippen molar-refractivity contribution in [3.63, 3.8) is 0 Å². The van der Waals surface area contributed by atoms with Gasteiger partial charge in [-0.1, -0.05) is 34.1 Å². The summed E-state index contributed by atoms with van der Waals surface area (Å²) >= 11 is 3.60. The minimum atomic E-state index is 0.0936. The van der Waals surface area contributed by atoms with E-state index in [1.165, 1.54) is 5.56 Å². The van der Waals surface area contributed by atoms with Gasteiger partial charge in [0.1, 0.15) is 0 Å². The van der Waals surface area contributed by atoms with Gasteiger partial charge in [0.15, 0.2) is 0 Å². The SMILES string of the molecule is Cc1c(C(=O)N2CCN(Cc3ccccc3Br)CC2)cnn1C. The van der Waals surface area contributed by atoms with Crippen LogP contribution in [0.2, 0.25) is 0 Å². The summed E-state index contributed by atoms with van der Waals surface area (Å²) in [4.78, 5) is 16.9. The van der Waals surface area contributed by atoms with Crippen molar-refractivity contribution in [3.05, 3.63) is 51.8 Å². The van der Waals surface area contributed by atoms with Crippen LogP contribution in [0.25, 0.3) is 0 Å². The maximum absolute atomic E-state index is 12.6. The molecule has 0 atom stereocenters. The normalized spacial score (nSPS) is 15.9. The van der Waals surface area contributed by atoms with Crippen LogP contribution < -0.4 is 0 Å². The summed E-state index contributed by atoms with van der Waals surface area (Å²) in [6.07, 6.45) is 1.67. The molecule has 0 bridgehead atoms. The molecule has 23 heavy (non-hydrogen) atoms. The van der Waals surface area contributed by atoms with Gasteiger partial charge in [0, 0.05) is 49.9 Å². The molecule has 0 unspecified atom stereocenters. The number of carbonyl (C=O) groups excluding carboxylic acids is 1. The van der Waals surface area contributed by atoms with E-state index in [0.29, 0.717) is 5.56 Å². The average Bonchev–Trinajstić information content (AvgIpc) is 2.89. The lowest BCUT2D eigenvalue weighted by Crippen LogP contribution is -2.48. The first kappa shape index (κ1) is 16.2. The van der Waals surface area contributed by atoms with Crippen LogP contribution >= 0.6 is 15.9 Å². The molecule has 1 aliphatic rings. The van der Waals surface area contributed by atoms with Crippen molar-refractivity contribution in [2.24, 2.45) is 7.05 Å². The molecule has 0 saturated carbocycles. The van der Waals surface area contributed by atoms with E-state index in [1.54, 1.807) is 10.9 Å². The van der Waals surface area contributed by atoms with Crippen molar-refractivity contribution < 1.29 is 4.79 Å². The quantitative estimate of drug-likeness (QED) is 0.825. The highest BCUT2D eigenvalue weighted by atomic mass is 79.9. The van der Waals surface area contributed by atoms with Gasteiger partial charge in [-0.25, -0.2) is 0 Å². The molecule has 122 valence electrons. The lowest BCUT2D eigenvalue weighted by atomic mass is 10.1. The Bertz CT molecular complexity index is 704. The smallest absolute Gasteiger partial charge is 0.257 e. The van der Waals surface area contributed by atoms with E-state index in [9.17, 15) is 4.79 Å². The van der Waals surface area contributed by atoms with Crippen molar-refractivity contribution in [2.75, 3.05) is 26.2 Å². The summed E-state index contributed by atoms with van der Waals surface area (Å²) in [6.45, 7) is 6.16. The number of hydrogen-bond donors (Lipinski definition) is 0. The zero-order valence-electron chi connectivity index (χ0n) is 13.5. The van der Waals surface area contributed by atoms with Gasteiger partial charge in [0.25, 0.3) is 5.91 Å². The molecule has 0 spiro atoms. The first-order chi connectivity index (χ1) is 11.1. The lowest BCUT2D eigenvalue weighted by molar-refractivity contribution is 0.0627. The first-order valence-corrected chi connectivity index (χ1v) is 8.59. The maximum atomic E-state index is 12.6. The van der Waals surface area contributed by atoms with E-state index >= 15 is 0 Å². The molecule has 0 N–H and O–H groups in total. The Labute approximate surface area is 145 Å². The van der Waals surface area contributed by atoms with Gasteiger partial charge in [-0.3, -0.25) is 14.4 Å². The summed E-state index contributed by atoms with van der Waals surface area (Å²) in [5, 5.41) is 4.17. The van der Waals surface area contributed by atoms with Crippen LogP contribution in [-0.2, 0) is 13.6 Å². The predicted octanol–water partition coefficient (Wildman–Crippen LogP) is 2.45. The minimum absolute atomic E-state index is 0.0936. The highest BCUT2D eigenvalue weighted by Crippen LogP contribution is 2.19. The number of piperazine rings is 1. The molecule has 1 aliphatic heterocycles. The van der Waals surface area contributed by atoms with Crippen molar-refractivity contribution >= 4 is 21.8 Å². The van der Waals surface area contributed by atoms with Crippen molar-refractivity contribution in [2.45, 2.75) is 13.5 Å². The molecule has 2 aromatic rings. The molecule has 1 saturated heterocycles. The fraction of sp³-hybridized carbons (Fsp3) is 0.412.